The number of esters is 1. The van der Waals surface area contributed by atoms with E-state index in [0.29, 0.717) is 52.8 Å². The normalized spacial score (nSPS) is 11.1. The smallest absolute Gasteiger partial charge is 0.337 e. The third kappa shape index (κ3) is 5.15. The first kappa shape index (κ1) is 22.8. The summed E-state index contributed by atoms with van der Waals surface area (Å²) in [6.07, 6.45) is 2.28. The van der Waals surface area contributed by atoms with Gasteiger partial charge in [-0.25, -0.2) is 14.8 Å². The van der Waals surface area contributed by atoms with Crippen LogP contribution in [0.15, 0.2) is 69.2 Å². The number of oxazole rings is 1. The maximum absolute atomic E-state index is 13.2. The van der Waals surface area contributed by atoms with E-state index in [4.69, 9.17) is 18.9 Å². The van der Waals surface area contributed by atoms with Gasteiger partial charge in [0.1, 0.15) is 6.26 Å². The largest absolute Gasteiger partial charge is 0.465 e. The molecule has 4 aromatic rings. The summed E-state index contributed by atoms with van der Waals surface area (Å²) < 4.78 is 17.2. The number of carbonyl (C=O) groups is 1. The molecule has 0 saturated heterocycles. The van der Waals surface area contributed by atoms with Crippen LogP contribution in [0.3, 0.4) is 0 Å². The van der Waals surface area contributed by atoms with Gasteiger partial charge in [0.05, 0.1) is 29.3 Å². The second kappa shape index (κ2) is 10.5. The van der Waals surface area contributed by atoms with Crippen LogP contribution in [0.5, 0.6) is 0 Å². The number of carbonyl (C=O) groups excluding carboxylic acids is 1. The standard InChI is InChI=1S/C24H23N3O5S/c1-30-12-6-11-27-22(28)19-10-9-17(23(29)31-2)13-20(19)26-24(27)33-15-18-14-32-21(25-18)16-7-4-3-5-8-16/h3-5,7-10,13-14H,6,11-12,15H2,1-2H3. The summed E-state index contributed by atoms with van der Waals surface area (Å²) in [7, 11) is 2.94. The van der Waals surface area contributed by atoms with Gasteiger partial charge in [0.2, 0.25) is 5.89 Å². The Hall–Kier alpha value is -3.43. The predicted octanol–water partition coefficient (Wildman–Crippen LogP) is 4.17. The van der Waals surface area contributed by atoms with Gasteiger partial charge in [-0.05, 0) is 36.8 Å². The quantitative estimate of drug-likeness (QED) is 0.157. The molecule has 0 radical (unpaired) electrons. The Morgan fingerprint density at radius 3 is 2.70 bits per heavy atom. The van der Waals surface area contributed by atoms with E-state index in [0.717, 1.165) is 11.3 Å². The molecule has 2 aromatic carbocycles. The molecular formula is C24H23N3O5S. The molecule has 33 heavy (non-hydrogen) atoms. The highest BCUT2D eigenvalue weighted by Gasteiger charge is 2.15. The lowest BCUT2D eigenvalue weighted by atomic mass is 10.1. The summed E-state index contributed by atoms with van der Waals surface area (Å²) >= 11 is 1.39. The average molecular weight is 466 g/mol. The van der Waals surface area contributed by atoms with Gasteiger partial charge < -0.3 is 13.9 Å². The van der Waals surface area contributed by atoms with E-state index >= 15 is 0 Å². The molecule has 0 aliphatic heterocycles. The van der Waals surface area contributed by atoms with Crippen molar-refractivity contribution in [2.24, 2.45) is 0 Å². The number of hydrogen-bond donors (Lipinski definition) is 0. The number of fused-ring (bicyclic) bond motifs is 1. The van der Waals surface area contributed by atoms with Crippen LogP contribution < -0.4 is 5.56 Å². The Labute approximate surface area is 194 Å². The second-order valence-electron chi connectivity index (χ2n) is 7.22. The van der Waals surface area contributed by atoms with Gasteiger partial charge in [0.15, 0.2) is 5.16 Å². The average Bonchev–Trinajstić information content (AvgIpc) is 3.33. The number of thioether (sulfide) groups is 1. The van der Waals surface area contributed by atoms with Gasteiger partial charge in [-0.2, -0.15) is 0 Å². The van der Waals surface area contributed by atoms with Crippen molar-refractivity contribution in [1.82, 2.24) is 14.5 Å². The van der Waals surface area contributed by atoms with Gasteiger partial charge in [-0.15, -0.1) is 0 Å². The van der Waals surface area contributed by atoms with Crippen molar-refractivity contribution >= 4 is 28.6 Å². The van der Waals surface area contributed by atoms with Crippen molar-refractivity contribution < 1.29 is 18.7 Å². The lowest BCUT2D eigenvalue weighted by molar-refractivity contribution is 0.0601. The zero-order valence-corrected chi connectivity index (χ0v) is 19.1. The number of ether oxygens (including phenoxy) is 2. The van der Waals surface area contributed by atoms with Crippen LogP contribution in [0.2, 0.25) is 0 Å². The summed E-state index contributed by atoms with van der Waals surface area (Å²) in [4.78, 5) is 34.4. The molecule has 0 amide bonds. The van der Waals surface area contributed by atoms with Crippen molar-refractivity contribution in [2.75, 3.05) is 20.8 Å². The van der Waals surface area contributed by atoms with Crippen LogP contribution in [0.25, 0.3) is 22.4 Å². The zero-order chi connectivity index (χ0) is 23.2. The van der Waals surface area contributed by atoms with Crippen LogP contribution in [0, 0.1) is 0 Å². The molecule has 0 atom stereocenters. The molecule has 0 aliphatic carbocycles. The first-order valence-corrected chi connectivity index (χ1v) is 11.3. The van der Waals surface area contributed by atoms with Crippen molar-refractivity contribution in [3.8, 4) is 11.5 Å². The molecule has 8 nitrogen and oxygen atoms in total. The Morgan fingerprint density at radius 2 is 1.94 bits per heavy atom. The first-order chi connectivity index (χ1) is 16.1. The number of rotatable bonds is 9. The minimum Gasteiger partial charge on any atom is -0.465 e. The van der Waals surface area contributed by atoms with Crippen molar-refractivity contribution in [2.45, 2.75) is 23.9 Å². The van der Waals surface area contributed by atoms with Crippen LogP contribution >= 0.6 is 11.8 Å². The SMILES string of the molecule is COCCCn1c(SCc2coc(-c3ccccc3)n2)nc2cc(C(=O)OC)ccc2c1=O. The molecule has 0 fully saturated rings. The summed E-state index contributed by atoms with van der Waals surface area (Å²) in [5.41, 5.74) is 2.25. The third-order valence-electron chi connectivity index (χ3n) is 4.99. The number of nitrogens with zero attached hydrogens (tertiary/aromatic N) is 3. The van der Waals surface area contributed by atoms with Crippen LogP contribution in [-0.4, -0.2) is 41.3 Å². The van der Waals surface area contributed by atoms with Gasteiger partial charge in [-0.3, -0.25) is 9.36 Å². The number of hydrogen-bond acceptors (Lipinski definition) is 8. The van der Waals surface area contributed by atoms with Crippen LogP contribution in [-0.2, 0) is 21.8 Å². The summed E-state index contributed by atoms with van der Waals surface area (Å²) in [6, 6.07) is 14.4. The molecule has 2 aromatic heterocycles. The number of aromatic nitrogens is 3. The minimum atomic E-state index is -0.479. The molecule has 4 rings (SSSR count). The fourth-order valence-electron chi connectivity index (χ4n) is 3.34. The highest BCUT2D eigenvalue weighted by atomic mass is 32.2. The lowest BCUT2D eigenvalue weighted by Gasteiger charge is -2.13. The Bertz CT molecular complexity index is 1320. The summed E-state index contributed by atoms with van der Waals surface area (Å²) in [6.45, 7) is 0.990. The first-order valence-electron chi connectivity index (χ1n) is 10.3. The lowest BCUT2D eigenvalue weighted by Crippen LogP contribution is -2.24. The Morgan fingerprint density at radius 1 is 1.12 bits per heavy atom. The molecule has 9 heteroatoms. The highest BCUT2D eigenvalue weighted by Crippen LogP contribution is 2.25. The molecule has 0 bridgehead atoms. The Kier molecular flexibility index (Phi) is 7.21. The fraction of sp³-hybridized carbons (Fsp3) is 0.250. The second-order valence-corrected chi connectivity index (χ2v) is 8.16. The molecule has 0 N–H and O–H groups in total. The highest BCUT2D eigenvalue weighted by molar-refractivity contribution is 7.98. The summed E-state index contributed by atoms with van der Waals surface area (Å²) in [5, 5.41) is 0.979. The molecule has 0 unspecified atom stereocenters. The van der Waals surface area contributed by atoms with Gasteiger partial charge in [-0.1, -0.05) is 30.0 Å². The predicted molar refractivity (Wildman–Crippen MR) is 125 cm³/mol. The maximum Gasteiger partial charge on any atom is 0.337 e. The van der Waals surface area contributed by atoms with E-state index in [1.165, 1.54) is 18.9 Å². The van der Waals surface area contributed by atoms with Gasteiger partial charge in [0.25, 0.3) is 5.56 Å². The molecule has 170 valence electrons. The number of methoxy groups -OCH3 is 2. The van der Waals surface area contributed by atoms with E-state index < -0.39 is 5.97 Å². The van der Waals surface area contributed by atoms with Crippen LogP contribution in [0.1, 0.15) is 22.5 Å². The number of benzene rings is 2. The van der Waals surface area contributed by atoms with Crippen LogP contribution in [0.4, 0.5) is 0 Å². The van der Waals surface area contributed by atoms with E-state index in [1.54, 1.807) is 36.1 Å². The fourth-order valence-corrected chi connectivity index (χ4v) is 4.25. The van der Waals surface area contributed by atoms with Gasteiger partial charge >= 0.3 is 5.97 Å². The molecule has 0 saturated carbocycles. The van der Waals surface area contributed by atoms with E-state index in [9.17, 15) is 9.59 Å². The Balaban J connectivity index is 1.65. The van der Waals surface area contributed by atoms with Crippen molar-refractivity contribution in [3.05, 3.63) is 76.4 Å². The van der Waals surface area contributed by atoms with E-state index in [-0.39, 0.29) is 5.56 Å². The molecule has 0 aliphatic rings. The topological polar surface area (TPSA) is 96.5 Å². The molecule has 0 spiro atoms. The molecular weight excluding hydrogens is 442 g/mol. The summed E-state index contributed by atoms with van der Waals surface area (Å²) in [5.74, 6) is 0.529. The zero-order valence-electron chi connectivity index (χ0n) is 18.3. The molecule has 2 heterocycles. The van der Waals surface area contributed by atoms with Crippen molar-refractivity contribution in [1.29, 1.82) is 0 Å². The van der Waals surface area contributed by atoms with Crippen molar-refractivity contribution in [3.63, 3.8) is 0 Å². The van der Waals surface area contributed by atoms with Gasteiger partial charge in [0, 0.05) is 31.6 Å². The maximum atomic E-state index is 13.2. The third-order valence-corrected chi connectivity index (χ3v) is 6.00. The van der Waals surface area contributed by atoms with E-state index in [2.05, 4.69) is 4.98 Å². The van der Waals surface area contributed by atoms with E-state index in [1.807, 2.05) is 30.3 Å². The minimum absolute atomic E-state index is 0.167. The monoisotopic (exact) mass is 465 g/mol.